The van der Waals surface area contributed by atoms with Crippen LogP contribution in [0.3, 0.4) is 0 Å². The van der Waals surface area contributed by atoms with Crippen LogP contribution in [-0.2, 0) is 10.0 Å². The Labute approximate surface area is 214 Å². The maximum atomic E-state index is 14.7. The van der Waals surface area contributed by atoms with Crippen LogP contribution in [0.4, 0.5) is 15.8 Å². The van der Waals surface area contributed by atoms with Gasteiger partial charge in [-0.3, -0.25) is 4.79 Å². The molecule has 0 saturated carbocycles. The summed E-state index contributed by atoms with van der Waals surface area (Å²) in [4.78, 5) is 14.3. The summed E-state index contributed by atoms with van der Waals surface area (Å²) in [5, 5.41) is 3.21. The van der Waals surface area contributed by atoms with E-state index in [9.17, 15) is 17.6 Å². The van der Waals surface area contributed by atoms with E-state index >= 15 is 0 Å². The minimum atomic E-state index is -4.17. The van der Waals surface area contributed by atoms with Gasteiger partial charge in [-0.05, 0) is 67.9 Å². The number of amides is 1. The Bertz CT molecular complexity index is 1380. The molecule has 1 aliphatic rings. The summed E-state index contributed by atoms with van der Waals surface area (Å²) >= 11 is 11.9. The number of hydrogen-bond donors (Lipinski definition) is 1. The van der Waals surface area contributed by atoms with Gasteiger partial charge in [0, 0.05) is 42.6 Å². The van der Waals surface area contributed by atoms with E-state index in [0.717, 1.165) is 23.4 Å². The topological polar surface area (TPSA) is 69.7 Å². The third kappa shape index (κ3) is 5.46. The Morgan fingerprint density at radius 1 is 1.03 bits per heavy atom. The monoisotopic (exact) mass is 535 g/mol. The van der Waals surface area contributed by atoms with Crippen LogP contribution in [0.5, 0.6) is 0 Å². The molecule has 1 fully saturated rings. The number of sulfonamides is 1. The fourth-order valence-corrected chi connectivity index (χ4v) is 5.99. The quantitative estimate of drug-likeness (QED) is 0.462. The molecule has 1 atom stereocenters. The number of nitrogens with zero attached hydrogens (tertiary/aromatic N) is 2. The van der Waals surface area contributed by atoms with Gasteiger partial charge in [0.1, 0.15) is 10.7 Å². The maximum Gasteiger partial charge on any atom is 0.255 e. The maximum absolute atomic E-state index is 14.7. The number of aryl methyl sites for hydroxylation is 1. The van der Waals surface area contributed by atoms with Gasteiger partial charge < -0.3 is 10.2 Å². The number of anilines is 2. The van der Waals surface area contributed by atoms with Gasteiger partial charge in [-0.25, -0.2) is 12.8 Å². The van der Waals surface area contributed by atoms with E-state index < -0.39 is 26.6 Å². The number of benzene rings is 3. The first kappa shape index (κ1) is 25.4. The van der Waals surface area contributed by atoms with Gasteiger partial charge in [0.15, 0.2) is 0 Å². The van der Waals surface area contributed by atoms with Crippen molar-refractivity contribution in [2.45, 2.75) is 24.8 Å². The highest BCUT2D eigenvalue weighted by Crippen LogP contribution is 2.28. The van der Waals surface area contributed by atoms with Crippen molar-refractivity contribution in [2.24, 2.45) is 0 Å². The summed E-state index contributed by atoms with van der Waals surface area (Å²) in [6.45, 7) is 4.78. The molecule has 0 aromatic heterocycles. The summed E-state index contributed by atoms with van der Waals surface area (Å²) in [7, 11) is -4.17. The van der Waals surface area contributed by atoms with Crippen molar-refractivity contribution < 1.29 is 17.6 Å². The largest absolute Gasteiger partial charge is 0.366 e. The second-order valence-electron chi connectivity index (χ2n) is 8.47. The van der Waals surface area contributed by atoms with Crippen molar-refractivity contribution >= 4 is 50.5 Å². The van der Waals surface area contributed by atoms with Crippen LogP contribution in [0.1, 0.15) is 22.8 Å². The van der Waals surface area contributed by atoms with Crippen molar-refractivity contribution in [1.29, 1.82) is 0 Å². The molecule has 1 N–H and O–H groups in total. The van der Waals surface area contributed by atoms with Crippen LogP contribution in [0.15, 0.2) is 65.6 Å². The molecule has 0 spiro atoms. The minimum absolute atomic E-state index is 0.00231. The van der Waals surface area contributed by atoms with Crippen molar-refractivity contribution in [3.05, 3.63) is 87.7 Å². The molecular formula is C25H24Cl2FN3O3S. The van der Waals surface area contributed by atoms with E-state index in [-0.39, 0.29) is 29.7 Å². The second-order valence-corrected chi connectivity index (χ2v) is 11.2. The van der Waals surface area contributed by atoms with Crippen molar-refractivity contribution in [1.82, 2.24) is 4.31 Å². The van der Waals surface area contributed by atoms with E-state index in [1.54, 1.807) is 6.07 Å². The van der Waals surface area contributed by atoms with E-state index in [0.29, 0.717) is 17.3 Å². The number of nitrogens with one attached hydrogen (secondary N) is 1. The third-order valence-electron chi connectivity index (χ3n) is 5.91. The lowest BCUT2D eigenvalue weighted by Crippen LogP contribution is -2.53. The Morgan fingerprint density at radius 3 is 2.49 bits per heavy atom. The van der Waals surface area contributed by atoms with Crippen LogP contribution in [0.25, 0.3) is 0 Å². The van der Waals surface area contributed by atoms with Crippen LogP contribution in [0.2, 0.25) is 10.0 Å². The SMILES string of the molecule is Cc1cccc(N2CCN(S(=O)(=O)c3cc(C(=O)Nc4ccc(Cl)c(Cl)c4)ccc3F)C[C@@H]2C)c1. The van der Waals surface area contributed by atoms with Crippen molar-refractivity contribution in [2.75, 3.05) is 29.9 Å². The second kappa shape index (κ2) is 10.1. The fourth-order valence-electron chi connectivity index (χ4n) is 4.09. The summed E-state index contributed by atoms with van der Waals surface area (Å²) in [5.41, 5.74) is 2.51. The molecule has 6 nitrogen and oxygen atoms in total. The highest BCUT2D eigenvalue weighted by molar-refractivity contribution is 7.89. The lowest BCUT2D eigenvalue weighted by molar-refractivity contribution is 0.102. The number of piperazine rings is 1. The van der Waals surface area contributed by atoms with Gasteiger partial charge in [0.05, 0.1) is 10.0 Å². The Morgan fingerprint density at radius 2 is 1.80 bits per heavy atom. The molecule has 0 aliphatic carbocycles. The molecule has 0 unspecified atom stereocenters. The molecule has 1 aliphatic heterocycles. The van der Waals surface area contributed by atoms with E-state index in [2.05, 4.69) is 16.3 Å². The van der Waals surface area contributed by atoms with E-state index in [4.69, 9.17) is 23.2 Å². The van der Waals surface area contributed by atoms with Gasteiger partial charge in [0.25, 0.3) is 5.91 Å². The predicted octanol–water partition coefficient (Wildman–Crippen LogP) is 5.59. The first-order chi connectivity index (χ1) is 16.6. The van der Waals surface area contributed by atoms with Crippen molar-refractivity contribution in [3.8, 4) is 0 Å². The van der Waals surface area contributed by atoms with Crippen molar-refractivity contribution in [3.63, 3.8) is 0 Å². The Balaban J connectivity index is 1.54. The molecule has 1 heterocycles. The molecular weight excluding hydrogens is 512 g/mol. The molecule has 1 amide bonds. The average molecular weight is 536 g/mol. The molecule has 35 heavy (non-hydrogen) atoms. The first-order valence-corrected chi connectivity index (χ1v) is 13.2. The first-order valence-electron chi connectivity index (χ1n) is 11.0. The number of hydrogen-bond acceptors (Lipinski definition) is 4. The zero-order chi connectivity index (χ0) is 25.3. The smallest absolute Gasteiger partial charge is 0.255 e. The van der Waals surface area contributed by atoms with Gasteiger partial charge in [-0.2, -0.15) is 4.31 Å². The lowest BCUT2D eigenvalue weighted by Gasteiger charge is -2.40. The molecule has 184 valence electrons. The average Bonchev–Trinajstić information content (AvgIpc) is 2.81. The van der Waals surface area contributed by atoms with Gasteiger partial charge in [-0.15, -0.1) is 0 Å². The molecule has 3 aromatic carbocycles. The zero-order valence-corrected chi connectivity index (χ0v) is 21.5. The standard InChI is InChI=1S/C25H24Cl2FN3O3S/c1-16-4-3-5-20(12-16)31-11-10-30(15-17(31)2)35(33,34)24-13-18(6-9-23(24)28)25(32)29-19-7-8-21(26)22(27)14-19/h3-9,12-14,17H,10-11,15H2,1-2H3,(H,29,32)/t17-/m0/s1. The molecule has 3 aromatic rings. The molecule has 1 saturated heterocycles. The summed E-state index contributed by atoms with van der Waals surface area (Å²) in [6.07, 6.45) is 0. The summed E-state index contributed by atoms with van der Waals surface area (Å²) in [5.74, 6) is -1.51. The van der Waals surface area contributed by atoms with Crippen LogP contribution in [0, 0.1) is 12.7 Å². The number of carbonyl (C=O) groups is 1. The van der Waals surface area contributed by atoms with E-state index in [1.807, 2.05) is 32.0 Å². The minimum Gasteiger partial charge on any atom is -0.366 e. The Kier molecular flexibility index (Phi) is 7.38. The van der Waals surface area contributed by atoms with Crippen LogP contribution < -0.4 is 10.2 Å². The predicted molar refractivity (Wildman–Crippen MR) is 138 cm³/mol. The molecule has 4 rings (SSSR count). The molecule has 0 radical (unpaired) electrons. The molecule has 10 heteroatoms. The van der Waals surface area contributed by atoms with E-state index in [1.165, 1.54) is 22.5 Å². The van der Waals surface area contributed by atoms with Crippen LogP contribution in [-0.4, -0.2) is 44.3 Å². The highest BCUT2D eigenvalue weighted by Gasteiger charge is 2.34. The van der Waals surface area contributed by atoms with Gasteiger partial charge in [0.2, 0.25) is 10.0 Å². The highest BCUT2D eigenvalue weighted by atomic mass is 35.5. The Hall–Kier alpha value is -2.65. The summed E-state index contributed by atoms with van der Waals surface area (Å²) < 4.78 is 42.7. The summed E-state index contributed by atoms with van der Waals surface area (Å²) in [6, 6.07) is 15.7. The van der Waals surface area contributed by atoms with Crippen LogP contribution >= 0.6 is 23.2 Å². The lowest BCUT2D eigenvalue weighted by atomic mass is 10.1. The molecule has 0 bridgehead atoms. The number of halogens is 3. The van der Waals surface area contributed by atoms with Gasteiger partial charge in [-0.1, -0.05) is 35.3 Å². The third-order valence-corrected chi connectivity index (χ3v) is 8.53. The normalized spacial score (nSPS) is 16.8. The number of rotatable bonds is 5. The number of carbonyl (C=O) groups excluding carboxylic acids is 1. The fraction of sp³-hybridized carbons (Fsp3) is 0.240. The zero-order valence-electron chi connectivity index (χ0n) is 19.1. The van der Waals surface area contributed by atoms with Gasteiger partial charge >= 0.3 is 0 Å².